The lowest BCUT2D eigenvalue weighted by Gasteiger charge is -2.36. The van der Waals surface area contributed by atoms with Gasteiger partial charge in [0.25, 0.3) is 0 Å². The van der Waals surface area contributed by atoms with Gasteiger partial charge in [0.05, 0.1) is 26.2 Å². The van der Waals surface area contributed by atoms with Crippen LogP contribution in [0.4, 0.5) is 0 Å². The molecule has 20 heavy (non-hydrogen) atoms. The van der Waals surface area contributed by atoms with Crippen LogP contribution in [0.25, 0.3) is 0 Å². The van der Waals surface area contributed by atoms with Gasteiger partial charge in [0.2, 0.25) is 23.6 Å². The van der Waals surface area contributed by atoms with Crippen LogP contribution < -0.4 is 5.32 Å². The molecule has 2 fully saturated rings. The molecule has 1 atom stereocenters. The van der Waals surface area contributed by atoms with Gasteiger partial charge in [-0.3, -0.25) is 39.2 Å². The Balaban J connectivity index is 1.92. The molecule has 2 heterocycles. The largest absolute Gasteiger partial charge is 0.294 e. The fraction of sp³-hybridized carbons (Fsp3) is 0.667. The lowest BCUT2D eigenvalue weighted by molar-refractivity contribution is -0.150. The van der Waals surface area contributed by atoms with Crippen LogP contribution >= 0.6 is 0 Å². The van der Waals surface area contributed by atoms with Gasteiger partial charge in [0, 0.05) is 19.6 Å². The lowest BCUT2D eigenvalue weighted by atomic mass is 10.2. The Hall–Kier alpha value is -1.80. The molecule has 2 saturated heterocycles. The average Bonchev–Trinajstić information content (AvgIpc) is 2.34. The first kappa shape index (κ1) is 14.6. The quantitative estimate of drug-likeness (QED) is 0.582. The van der Waals surface area contributed by atoms with Crippen molar-refractivity contribution in [3.8, 4) is 0 Å². The van der Waals surface area contributed by atoms with Crippen LogP contribution in [0.1, 0.15) is 6.92 Å². The number of imide groups is 2. The van der Waals surface area contributed by atoms with Crippen LogP contribution in [0.15, 0.2) is 0 Å². The minimum atomic E-state index is -0.321. The topological polar surface area (TPSA) is 90.0 Å². The second-order valence-electron chi connectivity index (χ2n) is 5.24. The molecule has 110 valence electrons. The maximum Gasteiger partial charge on any atom is 0.243 e. The van der Waals surface area contributed by atoms with Crippen molar-refractivity contribution in [2.24, 2.45) is 0 Å². The Morgan fingerprint density at radius 3 is 2.00 bits per heavy atom. The van der Waals surface area contributed by atoms with Crippen LogP contribution in [-0.4, -0.2) is 84.1 Å². The summed E-state index contributed by atoms with van der Waals surface area (Å²) in [6, 6.07) is -0.0889. The van der Waals surface area contributed by atoms with Gasteiger partial charge in [-0.1, -0.05) is 0 Å². The van der Waals surface area contributed by atoms with Gasteiger partial charge in [-0.05, 0) is 6.92 Å². The molecule has 0 aliphatic carbocycles. The summed E-state index contributed by atoms with van der Waals surface area (Å²) in [5.41, 5.74) is 0. The molecule has 0 radical (unpaired) electrons. The number of piperazine rings is 2. The molecule has 0 aromatic rings. The number of amides is 4. The Kier molecular flexibility index (Phi) is 4.15. The van der Waals surface area contributed by atoms with Gasteiger partial charge in [0.15, 0.2) is 0 Å². The molecule has 0 spiro atoms. The van der Waals surface area contributed by atoms with Crippen LogP contribution in [0, 0.1) is 0 Å². The zero-order valence-corrected chi connectivity index (χ0v) is 11.6. The third-order valence-electron chi connectivity index (χ3n) is 3.58. The number of nitrogens with zero attached hydrogens (tertiary/aromatic N) is 3. The molecule has 1 unspecified atom stereocenters. The minimum absolute atomic E-state index is 0.0889. The Morgan fingerprint density at radius 2 is 1.50 bits per heavy atom. The molecule has 4 amide bonds. The van der Waals surface area contributed by atoms with Crippen molar-refractivity contribution in [1.29, 1.82) is 0 Å². The van der Waals surface area contributed by atoms with Crippen LogP contribution in [0.5, 0.6) is 0 Å². The number of rotatable bonds is 3. The highest BCUT2D eigenvalue weighted by Crippen LogP contribution is 2.08. The predicted molar refractivity (Wildman–Crippen MR) is 68.4 cm³/mol. The number of hydrogen-bond acceptors (Lipinski definition) is 6. The highest BCUT2D eigenvalue weighted by molar-refractivity contribution is 5.99. The highest BCUT2D eigenvalue weighted by atomic mass is 16.2. The fourth-order valence-electron chi connectivity index (χ4n) is 2.38. The van der Waals surface area contributed by atoms with Gasteiger partial charge in [-0.2, -0.15) is 0 Å². The van der Waals surface area contributed by atoms with Crippen LogP contribution in [-0.2, 0) is 19.2 Å². The molecule has 1 N–H and O–H groups in total. The Labute approximate surface area is 116 Å². The summed E-state index contributed by atoms with van der Waals surface area (Å²) in [4.78, 5) is 50.5. The molecule has 0 bridgehead atoms. The number of carbonyl (C=O) groups is 4. The third-order valence-corrected chi connectivity index (χ3v) is 3.58. The van der Waals surface area contributed by atoms with E-state index in [1.165, 1.54) is 7.05 Å². The summed E-state index contributed by atoms with van der Waals surface area (Å²) in [5.74, 6) is -1.11. The number of likely N-dealkylation sites (N-methyl/N-ethyl adjacent to an activating group) is 1. The third kappa shape index (κ3) is 3.20. The molecule has 8 nitrogen and oxygen atoms in total. The zero-order chi connectivity index (χ0) is 14.9. The first-order valence-corrected chi connectivity index (χ1v) is 6.45. The summed E-state index contributed by atoms with van der Waals surface area (Å²) < 4.78 is 0. The number of nitrogens with one attached hydrogen (secondary N) is 1. The van der Waals surface area contributed by atoms with E-state index in [0.717, 1.165) is 4.90 Å². The predicted octanol–water partition coefficient (Wildman–Crippen LogP) is -2.37. The summed E-state index contributed by atoms with van der Waals surface area (Å²) in [5, 5.41) is 2.24. The second-order valence-corrected chi connectivity index (χ2v) is 5.24. The summed E-state index contributed by atoms with van der Waals surface area (Å²) >= 11 is 0. The zero-order valence-electron chi connectivity index (χ0n) is 11.6. The van der Waals surface area contributed by atoms with Gasteiger partial charge in [-0.25, -0.2) is 0 Å². The molecule has 2 aliphatic heterocycles. The summed E-state index contributed by atoms with van der Waals surface area (Å²) in [7, 11) is 1.47. The Morgan fingerprint density at radius 1 is 1.00 bits per heavy atom. The molecule has 0 aromatic heterocycles. The average molecular weight is 282 g/mol. The Bertz CT molecular complexity index is 430. The minimum Gasteiger partial charge on any atom is -0.294 e. The second kappa shape index (κ2) is 5.68. The van der Waals surface area contributed by atoms with Gasteiger partial charge < -0.3 is 0 Å². The molecule has 0 aromatic carbocycles. The normalized spacial score (nSPS) is 24.0. The highest BCUT2D eigenvalue weighted by Gasteiger charge is 2.31. The van der Waals surface area contributed by atoms with E-state index in [1.54, 1.807) is 9.80 Å². The van der Waals surface area contributed by atoms with Crippen molar-refractivity contribution >= 4 is 23.6 Å². The monoisotopic (exact) mass is 282 g/mol. The van der Waals surface area contributed by atoms with E-state index in [9.17, 15) is 19.2 Å². The molecular formula is C12H18N4O4. The van der Waals surface area contributed by atoms with Crippen LogP contribution in [0.3, 0.4) is 0 Å². The van der Waals surface area contributed by atoms with Crippen molar-refractivity contribution in [2.45, 2.75) is 13.0 Å². The van der Waals surface area contributed by atoms with Crippen molar-refractivity contribution < 1.29 is 19.2 Å². The van der Waals surface area contributed by atoms with Crippen molar-refractivity contribution in [1.82, 2.24) is 20.0 Å². The van der Waals surface area contributed by atoms with E-state index >= 15 is 0 Å². The van der Waals surface area contributed by atoms with Gasteiger partial charge >= 0.3 is 0 Å². The summed E-state index contributed by atoms with van der Waals surface area (Å²) in [6.07, 6.45) is 0. The van der Waals surface area contributed by atoms with E-state index in [1.807, 2.05) is 6.92 Å². The molecule has 2 aliphatic rings. The smallest absolute Gasteiger partial charge is 0.243 e. The van der Waals surface area contributed by atoms with E-state index < -0.39 is 0 Å². The SMILES string of the molecule is CC(CN1CC(=O)N(C)C(=O)C1)N1CC(=O)NC(=O)C1. The van der Waals surface area contributed by atoms with Crippen molar-refractivity contribution in [3.05, 3.63) is 0 Å². The van der Waals surface area contributed by atoms with Gasteiger partial charge in [-0.15, -0.1) is 0 Å². The van der Waals surface area contributed by atoms with E-state index in [4.69, 9.17) is 0 Å². The first-order valence-electron chi connectivity index (χ1n) is 6.45. The fourth-order valence-corrected chi connectivity index (χ4v) is 2.38. The van der Waals surface area contributed by atoms with E-state index in [2.05, 4.69) is 5.32 Å². The maximum absolute atomic E-state index is 11.6. The first-order chi connectivity index (χ1) is 9.36. The molecule has 0 saturated carbocycles. The standard InChI is InChI=1S/C12H18N4O4/c1-8(16-4-9(17)13-10(18)5-16)3-15-6-11(19)14(2)12(20)7-15/h8H,3-7H2,1-2H3,(H,13,17,18). The maximum atomic E-state index is 11.6. The van der Waals surface area contributed by atoms with Crippen molar-refractivity contribution in [3.63, 3.8) is 0 Å². The van der Waals surface area contributed by atoms with E-state index in [-0.39, 0.29) is 55.8 Å². The lowest BCUT2D eigenvalue weighted by Crippen LogP contribution is -2.58. The van der Waals surface area contributed by atoms with Gasteiger partial charge in [0.1, 0.15) is 0 Å². The molecular weight excluding hydrogens is 264 g/mol. The van der Waals surface area contributed by atoms with E-state index in [0.29, 0.717) is 6.54 Å². The number of carbonyl (C=O) groups excluding carboxylic acids is 4. The van der Waals surface area contributed by atoms with Crippen LogP contribution in [0.2, 0.25) is 0 Å². The summed E-state index contributed by atoms with van der Waals surface area (Å²) in [6.45, 7) is 3.01. The van der Waals surface area contributed by atoms with Crippen molar-refractivity contribution in [2.75, 3.05) is 39.8 Å². The number of hydrogen-bond donors (Lipinski definition) is 1. The molecule has 8 heteroatoms. The molecule has 2 rings (SSSR count).